The molecule has 1 saturated heterocycles. The molecule has 0 bridgehead atoms. The van der Waals surface area contributed by atoms with Gasteiger partial charge in [0.05, 0.1) is 6.10 Å². The Bertz CT molecular complexity index is 447. The second kappa shape index (κ2) is 7.62. The van der Waals surface area contributed by atoms with E-state index < -0.39 is 0 Å². The van der Waals surface area contributed by atoms with Gasteiger partial charge in [0.25, 0.3) is 0 Å². The van der Waals surface area contributed by atoms with Crippen LogP contribution in [0.15, 0.2) is 36.4 Å². The minimum Gasteiger partial charge on any atom is -0.491 e. The van der Waals surface area contributed by atoms with Crippen molar-refractivity contribution in [3.63, 3.8) is 0 Å². The lowest BCUT2D eigenvalue weighted by molar-refractivity contribution is 0.172. The summed E-state index contributed by atoms with van der Waals surface area (Å²) < 4.78 is 5.73. The molecule has 1 aromatic carbocycles. The summed E-state index contributed by atoms with van der Waals surface area (Å²) in [6.45, 7) is 14.7. The zero-order valence-corrected chi connectivity index (χ0v) is 13.6. The van der Waals surface area contributed by atoms with E-state index >= 15 is 0 Å². The Labute approximate surface area is 129 Å². The van der Waals surface area contributed by atoms with Crippen molar-refractivity contribution >= 4 is 0 Å². The zero-order valence-electron chi connectivity index (χ0n) is 13.6. The highest BCUT2D eigenvalue weighted by Gasteiger charge is 2.22. The van der Waals surface area contributed by atoms with Crippen LogP contribution in [0.5, 0.6) is 5.75 Å². The third-order valence-corrected chi connectivity index (χ3v) is 3.77. The molecule has 1 heterocycles. The maximum absolute atomic E-state index is 5.73. The first-order valence-corrected chi connectivity index (χ1v) is 7.92. The normalized spacial score (nSPS) is 17.7. The first kappa shape index (κ1) is 16.1. The topological polar surface area (TPSA) is 24.5 Å². The smallest absolute Gasteiger partial charge is 0.119 e. The molecule has 1 aromatic rings. The molecule has 0 aliphatic carbocycles. The number of rotatable bonds is 6. The highest BCUT2D eigenvalue weighted by molar-refractivity contribution is 5.30. The summed E-state index contributed by atoms with van der Waals surface area (Å²) in [6.07, 6.45) is 1.24. The monoisotopic (exact) mass is 288 g/mol. The van der Waals surface area contributed by atoms with Crippen molar-refractivity contribution in [3.8, 4) is 5.75 Å². The Balaban J connectivity index is 2.13. The van der Waals surface area contributed by atoms with Gasteiger partial charge in [0, 0.05) is 32.2 Å². The maximum atomic E-state index is 5.73. The first-order chi connectivity index (χ1) is 10.1. The van der Waals surface area contributed by atoms with Crippen molar-refractivity contribution in [1.29, 1.82) is 0 Å². The van der Waals surface area contributed by atoms with Gasteiger partial charge in [0.15, 0.2) is 0 Å². The van der Waals surface area contributed by atoms with Crippen molar-refractivity contribution in [2.45, 2.75) is 39.3 Å². The van der Waals surface area contributed by atoms with Crippen LogP contribution in [0.1, 0.15) is 38.8 Å². The highest BCUT2D eigenvalue weighted by Crippen LogP contribution is 2.29. The summed E-state index contributed by atoms with van der Waals surface area (Å²) in [4.78, 5) is 2.56. The van der Waals surface area contributed by atoms with E-state index in [1.54, 1.807) is 0 Å². The molecule has 3 heteroatoms. The average Bonchev–Trinajstić information content (AvgIpc) is 2.46. The maximum Gasteiger partial charge on any atom is 0.119 e. The molecule has 2 rings (SSSR count). The lowest BCUT2D eigenvalue weighted by atomic mass is 9.98. The SMILES string of the molecule is C=C(C)C[C@@H](c1ccc(OC(C)C)cc1)N1CCNCC1. The van der Waals surface area contributed by atoms with Crippen LogP contribution in [-0.2, 0) is 0 Å². The molecule has 0 saturated carbocycles. The standard InChI is InChI=1S/C18H28N2O/c1-14(2)13-18(20-11-9-19-10-12-20)16-5-7-17(8-6-16)21-15(3)4/h5-8,15,18-19H,1,9-13H2,2-4H3/t18-/m0/s1. The third kappa shape index (κ3) is 4.87. The molecule has 0 radical (unpaired) electrons. The van der Waals surface area contributed by atoms with E-state index in [0.717, 1.165) is 38.3 Å². The fraction of sp³-hybridized carbons (Fsp3) is 0.556. The zero-order chi connectivity index (χ0) is 15.2. The Morgan fingerprint density at radius 1 is 1.24 bits per heavy atom. The van der Waals surface area contributed by atoms with E-state index in [9.17, 15) is 0 Å². The fourth-order valence-electron chi connectivity index (χ4n) is 2.82. The Hall–Kier alpha value is -1.32. The lowest BCUT2D eigenvalue weighted by Gasteiger charge is -2.35. The lowest BCUT2D eigenvalue weighted by Crippen LogP contribution is -2.45. The van der Waals surface area contributed by atoms with Gasteiger partial charge in [-0.25, -0.2) is 0 Å². The molecule has 1 atom stereocenters. The summed E-state index contributed by atoms with van der Waals surface area (Å²) in [5.41, 5.74) is 2.59. The van der Waals surface area contributed by atoms with E-state index in [-0.39, 0.29) is 6.10 Å². The van der Waals surface area contributed by atoms with Crippen molar-refractivity contribution < 1.29 is 4.74 Å². The molecule has 0 aromatic heterocycles. The number of hydrogen-bond acceptors (Lipinski definition) is 3. The number of ether oxygens (including phenoxy) is 1. The quantitative estimate of drug-likeness (QED) is 0.812. The number of benzene rings is 1. The van der Waals surface area contributed by atoms with E-state index in [1.807, 2.05) is 0 Å². The van der Waals surface area contributed by atoms with Crippen LogP contribution in [0.3, 0.4) is 0 Å². The number of nitrogens with zero attached hydrogens (tertiary/aromatic N) is 1. The average molecular weight is 288 g/mol. The molecular formula is C18H28N2O. The van der Waals surface area contributed by atoms with Gasteiger partial charge in [-0.1, -0.05) is 17.7 Å². The number of piperazine rings is 1. The Morgan fingerprint density at radius 2 is 1.86 bits per heavy atom. The highest BCUT2D eigenvalue weighted by atomic mass is 16.5. The second-order valence-corrected chi connectivity index (χ2v) is 6.20. The van der Waals surface area contributed by atoms with E-state index in [0.29, 0.717) is 6.04 Å². The molecule has 1 N–H and O–H groups in total. The van der Waals surface area contributed by atoms with Crippen molar-refractivity contribution in [2.24, 2.45) is 0 Å². The van der Waals surface area contributed by atoms with Crippen molar-refractivity contribution in [2.75, 3.05) is 26.2 Å². The molecule has 116 valence electrons. The third-order valence-electron chi connectivity index (χ3n) is 3.77. The summed E-state index contributed by atoms with van der Waals surface area (Å²) >= 11 is 0. The van der Waals surface area contributed by atoms with Crippen LogP contribution in [0, 0.1) is 0 Å². The van der Waals surface area contributed by atoms with Crippen LogP contribution >= 0.6 is 0 Å². The van der Waals surface area contributed by atoms with Gasteiger partial charge < -0.3 is 10.1 Å². The second-order valence-electron chi connectivity index (χ2n) is 6.20. The van der Waals surface area contributed by atoms with E-state index in [2.05, 4.69) is 61.8 Å². The molecule has 1 fully saturated rings. The van der Waals surface area contributed by atoms with E-state index in [1.165, 1.54) is 11.1 Å². The minimum absolute atomic E-state index is 0.218. The largest absolute Gasteiger partial charge is 0.491 e. The summed E-state index contributed by atoms with van der Waals surface area (Å²) in [5.74, 6) is 0.947. The summed E-state index contributed by atoms with van der Waals surface area (Å²) in [6, 6.07) is 9.00. The van der Waals surface area contributed by atoms with Crippen molar-refractivity contribution in [1.82, 2.24) is 10.2 Å². The Morgan fingerprint density at radius 3 is 2.38 bits per heavy atom. The summed E-state index contributed by atoms with van der Waals surface area (Å²) in [5, 5.41) is 3.42. The van der Waals surface area contributed by atoms with Crippen LogP contribution in [0.4, 0.5) is 0 Å². The van der Waals surface area contributed by atoms with Gasteiger partial charge in [-0.05, 0) is 44.9 Å². The fourth-order valence-corrected chi connectivity index (χ4v) is 2.82. The molecule has 0 amide bonds. The van der Waals surface area contributed by atoms with Crippen LogP contribution in [0.2, 0.25) is 0 Å². The molecule has 1 aliphatic rings. The van der Waals surface area contributed by atoms with Crippen LogP contribution in [0.25, 0.3) is 0 Å². The van der Waals surface area contributed by atoms with Crippen LogP contribution in [-0.4, -0.2) is 37.2 Å². The van der Waals surface area contributed by atoms with Gasteiger partial charge in [-0.15, -0.1) is 6.58 Å². The number of nitrogens with one attached hydrogen (secondary N) is 1. The van der Waals surface area contributed by atoms with Crippen molar-refractivity contribution in [3.05, 3.63) is 42.0 Å². The first-order valence-electron chi connectivity index (χ1n) is 7.92. The van der Waals surface area contributed by atoms with Gasteiger partial charge >= 0.3 is 0 Å². The molecule has 3 nitrogen and oxygen atoms in total. The van der Waals surface area contributed by atoms with Crippen LogP contribution < -0.4 is 10.1 Å². The van der Waals surface area contributed by atoms with E-state index in [4.69, 9.17) is 4.74 Å². The molecular weight excluding hydrogens is 260 g/mol. The predicted octanol–water partition coefficient (Wildman–Crippen LogP) is 3.39. The molecule has 0 spiro atoms. The Kier molecular flexibility index (Phi) is 5.83. The van der Waals surface area contributed by atoms with Gasteiger partial charge in [0.2, 0.25) is 0 Å². The molecule has 0 unspecified atom stereocenters. The predicted molar refractivity (Wildman–Crippen MR) is 88.8 cm³/mol. The summed E-state index contributed by atoms with van der Waals surface area (Å²) in [7, 11) is 0. The molecule has 1 aliphatic heterocycles. The molecule has 21 heavy (non-hydrogen) atoms. The van der Waals surface area contributed by atoms with Gasteiger partial charge in [-0.3, -0.25) is 4.90 Å². The van der Waals surface area contributed by atoms with Gasteiger partial charge in [-0.2, -0.15) is 0 Å². The number of hydrogen-bond donors (Lipinski definition) is 1. The minimum atomic E-state index is 0.218. The van der Waals surface area contributed by atoms with Gasteiger partial charge in [0.1, 0.15) is 5.75 Å².